The van der Waals surface area contributed by atoms with E-state index in [0.29, 0.717) is 12.5 Å². The van der Waals surface area contributed by atoms with Crippen LogP contribution in [0.4, 0.5) is 0 Å². The summed E-state index contributed by atoms with van der Waals surface area (Å²) in [5, 5.41) is 6.18. The van der Waals surface area contributed by atoms with E-state index >= 15 is 0 Å². The zero-order chi connectivity index (χ0) is 13.0. The Labute approximate surface area is 107 Å². The molecule has 0 radical (unpaired) electrons. The van der Waals surface area contributed by atoms with Crippen molar-refractivity contribution in [3.63, 3.8) is 0 Å². The Bertz CT molecular complexity index is 404. The molecule has 0 aromatic carbocycles. The van der Waals surface area contributed by atoms with Gasteiger partial charge in [0.1, 0.15) is 0 Å². The Balaban J connectivity index is 1.85. The van der Waals surface area contributed by atoms with Crippen molar-refractivity contribution in [3.8, 4) is 0 Å². The second-order valence-electron chi connectivity index (χ2n) is 4.92. The van der Waals surface area contributed by atoms with Crippen LogP contribution in [-0.2, 0) is 11.3 Å². The number of rotatable bonds is 3. The van der Waals surface area contributed by atoms with Crippen molar-refractivity contribution < 1.29 is 4.79 Å². The van der Waals surface area contributed by atoms with Gasteiger partial charge >= 0.3 is 0 Å². The van der Waals surface area contributed by atoms with Crippen LogP contribution in [0.1, 0.15) is 31.2 Å². The summed E-state index contributed by atoms with van der Waals surface area (Å²) in [6.45, 7) is 5.37. The van der Waals surface area contributed by atoms with E-state index in [2.05, 4.69) is 27.5 Å². The fourth-order valence-electron chi connectivity index (χ4n) is 2.20. The molecule has 18 heavy (non-hydrogen) atoms. The maximum atomic E-state index is 12.0. The van der Waals surface area contributed by atoms with E-state index in [4.69, 9.17) is 0 Å². The van der Waals surface area contributed by atoms with Crippen LogP contribution in [0.2, 0.25) is 0 Å². The van der Waals surface area contributed by atoms with Gasteiger partial charge in [-0.25, -0.2) is 0 Å². The summed E-state index contributed by atoms with van der Waals surface area (Å²) in [4.78, 5) is 20.4. The van der Waals surface area contributed by atoms with Gasteiger partial charge in [0.25, 0.3) is 0 Å². The third-order valence-corrected chi connectivity index (χ3v) is 3.33. The number of piperidine rings is 1. The molecule has 1 aliphatic heterocycles. The largest absolute Gasteiger partial charge is 0.349 e. The van der Waals surface area contributed by atoms with Gasteiger partial charge in [0, 0.05) is 6.20 Å². The van der Waals surface area contributed by atoms with Gasteiger partial charge in [0.2, 0.25) is 5.91 Å². The average molecular weight is 248 g/mol. The maximum Gasteiger partial charge on any atom is 0.237 e. The number of hydrogen-bond acceptors (Lipinski definition) is 4. The summed E-state index contributed by atoms with van der Waals surface area (Å²) in [5.74, 6) is 0.451. The topological polar surface area (TPSA) is 66.9 Å². The highest BCUT2D eigenvalue weighted by Crippen LogP contribution is 2.15. The van der Waals surface area contributed by atoms with Crippen molar-refractivity contribution in [3.05, 3.63) is 23.8 Å². The van der Waals surface area contributed by atoms with Crippen LogP contribution in [0.3, 0.4) is 0 Å². The third kappa shape index (κ3) is 3.26. The van der Waals surface area contributed by atoms with Gasteiger partial charge in [0.15, 0.2) is 0 Å². The highest BCUT2D eigenvalue weighted by molar-refractivity contribution is 5.82. The minimum Gasteiger partial charge on any atom is -0.349 e. The van der Waals surface area contributed by atoms with E-state index in [9.17, 15) is 4.79 Å². The van der Waals surface area contributed by atoms with E-state index in [0.717, 1.165) is 30.8 Å². The molecular weight excluding hydrogens is 228 g/mol. The van der Waals surface area contributed by atoms with Gasteiger partial charge in [0.05, 0.1) is 30.2 Å². The van der Waals surface area contributed by atoms with Crippen molar-refractivity contribution in [1.82, 2.24) is 20.6 Å². The monoisotopic (exact) mass is 248 g/mol. The summed E-state index contributed by atoms with van der Waals surface area (Å²) in [7, 11) is 0. The zero-order valence-electron chi connectivity index (χ0n) is 10.9. The predicted octanol–water partition coefficient (Wildman–Crippen LogP) is 0.789. The molecule has 0 bridgehead atoms. The van der Waals surface area contributed by atoms with Crippen molar-refractivity contribution in [2.45, 2.75) is 39.3 Å². The fraction of sp³-hybridized carbons (Fsp3) is 0.615. The molecule has 0 spiro atoms. The van der Waals surface area contributed by atoms with Crippen LogP contribution in [-0.4, -0.2) is 28.5 Å². The first-order valence-corrected chi connectivity index (χ1v) is 6.45. The minimum absolute atomic E-state index is 0.0598. The van der Waals surface area contributed by atoms with Gasteiger partial charge in [-0.1, -0.05) is 6.92 Å². The Kier molecular flexibility index (Phi) is 4.25. The first-order chi connectivity index (χ1) is 8.66. The Morgan fingerprint density at radius 3 is 3.00 bits per heavy atom. The number of amides is 1. The molecule has 1 fully saturated rings. The van der Waals surface area contributed by atoms with E-state index < -0.39 is 0 Å². The molecule has 1 saturated heterocycles. The molecule has 2 atom stereocenters. The number of aryl methyl sites for hydroxylation is 1. The summed E-state index contributed by atoms with van der Waals surface area (Å²) in [6.07, 6.45) is 5.67. The lowest BCUT2D eigenvalue weighted by atomic mass is 9.92. The standard InChI is InChI=1S/C13H20N4O/c1-9-4-3-5-14-12(9)13(18)17-8-11-7-15-10(2)6-16-11/h6-7,9,12,14H,3-5,8H2,1-2H3,(H,17,18). The van der Waals surface area contributed by atoms with Crippen LogP contribution in [0.5, 0.6) is 0 Å². The summed E-state index contributed by atoms with van der Waals surface area (Å²) in [6, 6.07) is -0.0721. The Morgan fingerprint density at radius 1 is 1.50 bits per heavy atom. The van der Waals surface area contributed by atoms with Crippen LogP contribution in [0.15, 0.2) is 12.4 Å². The Hall–Kier alpha value is -1.49. The second-order valence-corrected chi connectivity index (χ2v) is 4.92. The highest BCUT2D eigenvalue weighted by Gasteiger charge is 2.26. The number of carbonyl (C=O) groups is 1. The molecule has 5 heteroatoms. The van der Waals surface area contributed by atoms with Gasteiger partial charge in [-0.15, -0.1) is 0 Å². The number of carbonyl (C=O) groups excluding carboxylic acids is 1. The Morgan fingerprint density at radius 2 is 2.33 bits per heavy atom. The molecule has 98 valence electrons. The lowest BCUT2D eigenvalue weighted by molar-refractivity contribution is -0.125. The molecule has 1 aromatic rings. The first-order valence-electron chi connectivity index (χ1n) is 6.45. The normalized spacial score (nSPS) is 23.7. The number of nitrogens with one attached hydrogen (secondary N) is 2. The molecule has 2 N–H and O–H groups in total. The van der Waals surface area contributed by atoms with E-state index in [1.807, 2.05) is 6.92 Å². The molecule has 1 aromatic heterocycles. The van der Waals surface area contributed by atoms with Crippen LogP contribution in [0.25, 0.3) is 0 Å². The van der Waals surface area contributed by atoms with Crippen LogP contribution in [0, 0.1) is 12.8 Å². The lowest BCUT2D eigenvalue weighted by Crippen LogP contribution is -2.50. The number of hydrogen-bond donors (Lipinski definition) is 2. The van der Waals surface area contributed by atoms with Gasteiger partial charge in [-0.3, -0.25) is 14.8 Å². The van der Waals surface area contributed by atoms with Crippen LogP contribution >= 0.6 is 0 Å². The van der Waals surface area contributed by atoms with E-state index in [1.54, 1.807) is 12.4 Å². The van der Waals surface area contributed by atoms with Crippen molar-refractivity contribution in [2.24, 2.45) is 5.92 Å². The van der Waals surface area contributed by atoms with Crippen molar-refractivity contribution in [2.75, 3.05) is 6.54 Å². The lowest BCUT2D eigenvalue weighted by Gasteiger charge is -2.28. The number of nitrogens with zero attached hydrogens (tertiary/aromatic N) is 2. The smallest absolute Gasteiger partial charge is 0.237 e. The number of aromatic nitrogens is 2. The molecular formula is C13H20N4O. The summed E-state index contributed by atoms with van der Waals surface area (Å²) in [5.41, 5.74) is 1.67. The molecule has 2 rings (SSSR count). The molecule has 0 aliphatic carbocycles. The third-order valence-electron chi connectivity index (χ3n) is 3.33. The molecule has 1 aliphatic rings. The fourth-order valence-corrected chi connectivity index (χ4v) is 2.20. The summed E-state index contributed by atoms with van der Waals surface area (Å²) >= 11 is 0. The average Bonchev–Trinajstić information content (AvgIpc) is 2.38. The summed E-state index contributed by atoms with van der Waals surface area (Å²) < 4.78 is 0. The zero-order valence-corrected chi connectivity index (χ0v) is 10.9. The van der Waals surface area contributed by atoms with Crippen molar-refractivity contribution >= 4 is 5.91 Å². The van der Waals surface area contributed by atoms with Gasteiger partial charge in [-0.2, -0.15) is 0 Å². The maximum absolute atomic E-state index is 12.0. The molecule has 0 saturated carbocycles. The van der Waals surface area contributed by atoms with Gasteiger partial charge in [-0.05, 0) is 32.2 Å². The molecule has 2 unspecified atom stereocenters. The first kappa shape index (κ1) is 13.0. The minimum atomic E-state index is -0.0721. The molecule has 5 nitrogen and oxygen atoms in total. The highest BCUT2D eigenvalue weighted by atomic mass is 16.2. The quantitative estimate of drug-likeness (QED) is 0.830. The van der Waals surface area contributed by atoms with E-state index in [-0.39, 0.29) is 11.9 Å². The predicted molar refractivity (Wildman–Crippen MR) is 68.8 cm³/mol. The SMILES string of the molecule is Cc1cnc(CNC(=O)C2NCCCC2C)cn1. The van der Waals surface area contributed by atoms with Crippen molar-refractivity contribution in [1.29, 1.82) is 0 Å². The molecule has 2 heterocycles. The van der Waals surface area contributed by atoms with Crippen LogP contribution < -0.4 is 10.6 Å². The van der Waals surface area contributed by atoms with Gasteiger partial charge < -0.3 is 10.6 Å². The molecule has 1 amide bonds. The van der Waals surface area contributed by atoms with E-state index in [1.165, 1.54) is 0 Å². The second kappa shape index (κ2) is 5.91.